The van der Waals surface area contributed by atoms with Crippen LogP contribution in [0.4, 0.5) is 0 Å². The molecule has 2 aliphatic carbocycles. The van der Waals surface area contributed by atoms with Gasteiger partial charge in [-0.15, -0.1) is 12.4 Å². The Balaban J connectivity index is 0.00000252. The molecule has 190 valence electrons. The van der Waals surface area contributed by atoms with Crippen molar-refractivity contribution in [3.05, 3.63) is 83.4 Å². The van der Waals surface area contributed by atoms with Crippen LogP contribution in [0.5, 0.6) is 0 Å². The summed E-state index contributed by atoms with van der Waals surface area (Å²) in [6, 6.07) is 18.3. The van der Waals surface area contributed by atoms with Crippen molar-refractivity contribution in [1.82, 2.24) is 29.5 Å². The molecule has 4 heterocycles. The Labute approximate surface area is 222 Å². The average Bonchev–Trinajstić information content (AvgIpc) is 3.87. The van der Waals surface area contributed by atoms with E-state index in [9.17, 15) is 4.79 Å². The normalized spacial score (nSPS) is 18.1. The van der Waals surface area contributed by atoms with E-state index in [1.807, 2.05) is 46.1 Å². The van der Waals surface area contributed by atoms with Crippen LogP contribution < -0.4 is 0 Å². The fourth-order valence-electron chi connectivity index (χ4n) is 5.31. The van der Waals surface area contributed by atoms with Crippen LogP contribution in [0.3, 0.4) is 0 Å². The Hall–Kier alpha value is -3.29. The first-order chi connectivity index (χ1) is 17.7. The lowest BCUT2D eigenvalue weighted by atomic mass is 10.0. The number of para-hydroxylation sites is 1. The summed E-state index contributed by atoms with van der Waals surface area (Å²) in [5.41, 5.74) is 5.79. The zero-order chi connectivity index (χ0) is 24.1. The Morgan fingerprint density at radius 1 is 0.892 bits per heavy atom. The molecule has 4 aromatic rings. The predicted octanol–water partition coefficient (Wildman–Crippen LogP) is 4.95. The third kappa shape index (κ3) is 4.74. The van der Waals surface area contributed by atoms with Gasteiger partial charge in [-0.3, -0.25) is 14.7 Å². The number of hydrogen-bond donors (Lipinski definition) is 0. The third-order valence-corrected chi connectivity index (χ3v) is 7.65. The van der Waals surface area contributed by atoms with Crippen molar-refractivity contribution >= 4 is 29.3 Å². The molecule has 3 aromatic heterocycles. The highest BCUT2D eigenvalue weighted by Gasteiger charge is 2.35. The second-order valence-corrected chi connectivity index (χ2v) is 10.4. The van der Waals surface area contributed by atoms with E-state index in [1.54, 1.807) is 0 Å². The molecule has 7 rings (SSSR count). The van der Waals surface area contributed by atoms with Gasteiger partial charge in [0.25, 0.3) is 5.91 Å². The average molecular weight is 515 g/mol. The van der Waals surface area contributed by atoms with E-state index >= 15 is 0 Å². The van der Waals surface area contributed by atoms with Gasteiger partial charge in [0.2, 0.25) is 0 Å². The van der Waals surface area contributed by atoms with Crippen LogP contribution in [0.1, 0.15) is 65.0 Å². The number of fused-ring (bicyclic) bond motifs is 1. The summed E-state index contributed by atoms with van der Waals surface area (Å²) in [4.78, 5) is 28.0. The van der Waals surface area contributed by atoms with Gasteiger partial charge in [-0.2, -0.15) is 5.10 Å². The first-order valence-electron chi connectivity index (χ1n) is 13.1. The fourth-order valence-corrected chi connectivity index (χ4v) is 5.31. The molecule has 1 aromatic carbocycles. The van der Waals surface area contributed by atoms with E-state index in [4.69, 9.17) is 10.1 Å². The van der Waals surface area contributed by atoms with Crippen LogP contribution in [-0.2, 0) is 6.54 Å². The van der Waals surface area contributed by atoms with Gasteiger partial charge < -0.3 is 4.90 Å². The maximum Gasteiger partial charge on any atom is 0.254 e. The highest BCUT2D eigenvalue weighted by molar-refractivity contribution is 6.07. The number of pyridine rings is 2. The minimum absolute atomic E-state index is 0. The summed E-state index contributed by atoms with van der Waals surface area (Å²) >= 11 is 0. The lowest BCUT2D eigenvalue weighted by Gasteiger charge is -2.34. The van der Waals surface area contributed by atoms with E-state index in [2.05, 4.69) is 34.1 Å². The number of carbonyl (C=O) groups excluding carboxylic acids is 1. The Bertz CT molecular complexity index is 1410. The molecular weight excluding hydrogens is 484 g/mol. The second kappa shape index (κ2) is 9.88. The largest absolute Gasteiger partial charge is 0.336 e. The number of rotatable bonds is 6. The molecule has 8 heteroatoms. The minimum atomic E-state index is 0. The molecule has 7 nitrogen and oxygen atoms in total. The van der Waals surface area contributed by atoms with Gasteiger partial charge in [-0.05, 0) is 56.0 Å². The number of halogens is 1. The highest BCUT2D eigenvalue weighted by atomic mass is 35.5. The van der Waals surface area contributed by atoms with E-state index in [-0.39, 0.29) is 18.3 Å². The molecule has 1 aliphatic heterocycles. The van der Waals surface area contributed by atoms with Gasteiger partial charge in [0.05, 0.1) is 28.0 Å². The minimum Gasteiger partial charge on any atom is -0.336 e. The van der Waals surface area contributed by atoms with Gasteiger partial charge in [-0.25, -0.2) is 9.67 Å². The van der Waals surface area contributed by atoms with E-state index < -0.39 is 0 Å². The second-order valence-electron chi connectivity index (χ2n) is 10.4. The predicted molar refractivity (Wildman–Crippen MR) is 145 cm³/mol. The number of benzene rings is 1. The van der Waals surface area contributed by atoms with E-state index in [0.717, 1.165) is 97.8 Å². The number of hydrogen-bond acceptors (Lipinski definition) is 5. The summed E-state index contributed by atoms with van der Waals surface area (Å²) in [5, 5.41) is 6.02. The first-order valence-corrected chi connectivity index (χ1v) is 13.1. The molecule has 0 radical (unpaired) electrons. The van der Waals surface area contributed by atoms with Crippen molar-refractivity contribution in [1.29, 1.82) is 0 Å². The maximum absolute atomic E-state index is 14.0. The molecule has 3 fully saturated rings. The van der Waals surface area contributed by atoms with Crippen LogP contribution in [0.2, 0.25) is 0 Å². The van der Waals surface area contributed by atoms with Gasteiger partial charge in [0.1, 0.15) is 0 Å². The molecule has 0 atom stereocenters. The lowest BCUT2D eigenvalue weighted by Crippen LogP contribution is -2.48. The van der Waals surface area contributed by atoms with E-state index in [1.165, 1.54) is 0 Å². The number of nitrogens with zero attached hydrogens (tertiary/aromatic N) is 6. The summed E-state index contributed by atoms with van der Waals surface area (Å²) in [6.45, 7) is 3.97. The number of carbonyl (C=O) groups is 1. The van der Waals surface area contributed by atoms with Gasteiger partial charge in [0, 0.05) is 56.5 Å². The van der Waals surface area contributed by atoms with Crippen LogP contribution in [-0.4, -0.2) is 61.6 Å². The molecule has 2 saturated carbocycles. The van der Waals surface area contributed by atoms with Crippen molar-refractivity contribution < 1.29 is 4.79 Å². The third-order valence-electron chi connectivity index (χ3n) is 7.65. The zero-order valence-corrected chi connectivity index (χ0v) is 21.6. The summed E-state index contributed by atoms with van der Waals surface area (Å²) in [6.07, 6.45) is 6.39. The van der Waals surface area contributed by atoms with Crippen LogP contribution >= 0.6 is 12.4 Å². The van der Waals surface area contributed by atoms with Gasteiger partial charge in [-0.1, -0.05) is 24.3 Å². The van der Waals surface area contributed by atoms with Crippen molar-refractivity contribution in [2.75, 3.05) is 26.2 Å². The van der Waals surface area contributed by atoms with Crippen molar-refractivity contribution in [2.24, 2.45) is 0 Å². The van der Waals surface area contributed by atoms with Crippen LogP contribution in [0.25, 0.3) is 16.7 Å². The zero-order valence-electron chi connectivity index (χ0n) is 20.8. The monoisotopic (exact) mass is 514 g/mol. The molecule has 0 spiro atoms. The Morgan fingerprint density at radius 2 is 1.62 bits per heavy atom. The Morgan fingerprint density at radius 3 is 2.30 bits per heavy atom. The summed E-state index contributed by atoms with van der Waals surface area (Å²) in [5.74, 6) is 1.00. The Kier molecular flexibility index (Phi) is 6.42. The molecule has 1 amide bonds. The lowest BCUT2D eigenvalue weighted by molar-refractivity contribution is 0.0628. The molecule has 1 saturated heterocycles. The molecule has 0 N–H and O–H groups in total. The number of amides is 1. The molecule has 0 unspecified atom stereocenters. The van der Waals surface area contributed by atoms with Crippen molar-refractivity contribution in [2.45, 2.75) is 44.1 Å². The fraction of sp³-hybridized carbons (Fsp3) is 0.379. The number of aromatic nitrogens is 4. The SMILES string of the molecule is Cl.O=C(c1cc(C2CC2)nc2c1c(C1CC1)nn2-c1ccccc1)N1CCN(Cc2ccccn2)CC1. The topological polar surface area (TPSA) is 67.2 Å². The smallest absolute Gasteiger partial charge is 0.254 e. The van der Waals surface area contributed by atoms with Crippen LogP contribution in [0.15, 0.2) is 60.8 Å². The standard InChI is InChI=1S/C29H30N6O.ClH/c36-29(34-16-14-33(15-17-34)19-22-6-4-5-13-30-22)24-18-25(20-9-10-20)31-28-26(24)27(21-11-12-21)32-35(28)23-7-2-1-3-8-23;/h1-8,13,18,20-21H,9-12,14-17,19H2;1H. The quantitative estimate of drug-likeness (QED) is 0.364. The van der Waals surface area contributed by atoms with Gasteiger partial charge >= 0.3 is 0 Å². The maximum atomic E-state index is 14.0. The van der Waals surface area contributed by atoms with Crippen molar-refractivity contribution in [3.8, 4) is 5.69 Å². The van der Waals surface area contributed by atoms with Crippen LogP contribution in [0, 0.1) is 0 Å². The molecule has 3 aliphatic rings. The molecular formula is C29H31ClN6O. The number of piperazine rings is 1. The molecule has 0 bridgehead atoms. The molecule has 37 heavy (non-hydrogen) atoms. The van der Waals surface area contributed by atoms with Gasteiger partial charge in [0.15, 0.2) is 5.65 Å². The van der Waals surface area contributed by atoms with E-state index in [0.29, 0.717) is 11.8 Å². The highest BCUT2D eigenvalue weighted by Crippen LogP contribution is 2.45. The first kappa shape index (κ1) is 24.1. The van der Waals surface area contributed by atoms with Crippen molar-refractivity contribution in [3.63, 3.8) is 0 Å². The summed E-state index contributed by atoms with van der Waals surface area (Å²) in [7, 11) is 0. The summed E-state index contributed by atoms with van der Waals surface area (Å²) < 4.78 is 1.97.